The third-order valence-corrected chi connectivity index (χ3v) is 7.01. The number of methoxy groups -OCH3 is 1. The van der Waals surface area contributed by atoms with Crippen LogP contribution in [0.5, 0.6) is 17.2 Å². The summed E-state index contributed by atoms with van der Waals surface area (Å²) in [5.74, 6) is -1.50. The first-order valence-electron chi connectivity index (χ1n) is 11.2. The second kappa shape index (κ2) is 12.1. The number of nitrogens with one attached hydrogen (secondary N) is 1. The molecule has 40 heavy (non-hydrogen) atoms. The van der Waals surface area contributed by atoms with Gasteiger partial charge in [-0.2, -0.15) is 0 Å². The van der Waals surface area contributed by atoms with Crippen LogP contribution in [0, 0.1) is 23.8 Å². The summed E-state index contributed by atoms with van der Waals surface area (Å²) in [6.07, 6.45) is 1.33. The average molecular weight is 676 g/mol. The molecule has 3 aromatic carbocycles. The summed E-state index contributed by atoms with van der Waals surface area (Å²) >= 11 is 2.72. The van der Waals surface area contributed by atoms with E-state index < -0.39 is 44.8 Å². The lowest BCUT2D eigenvalue weighted by Gasteiger charge is -2.14. The molecule has 1 fully saturated rings. The van der Waals surface area contributed by atoms with Gasteiger partial charge in [0.1, 0.15) is 6.54 Å². The first-order chi connectivity index (χ1) is 19.1. The van der Waals surface area contributed by atoms with Gasteiger partial charge in [0, 0.05) is 20.9 Å². The van der Waals surface area contributed by atoms with E-state index in [1.54, 1.807) is 30.3 Å². The lowest BCUT2D eigenvalue weighted by Crippen LogP contribution is -2.36. The number of non-ortho nitro benzene ring substituents is 1. The highest BCUT2D eigenvalue weighted by atomic mass is 127. The fourth-order valence-corrected chi connectivity index (χ4v) is 4.72. The largest absolute Gasteiger partial charge is 0.493 e. The lowest BCUT2D eigenvalue weighted by atomic mass is 10.1. The van der Waals surface area contributed by atoms with E-state index in [-0.39, 0.29) is 27.7 Å². The van der Waals surface area contributed by atoms with Crippen LogP contribution < -0.4 is 14.8 Å². The smallest absolute Gasteiger partial charge is 0.318 e. The van der Waals surface area contributed by atoms with Crippen LogP contribution in [0.15, 0.2) is 65.6 Å². The van der Waals surface area contributed by atoms with E-state index in [0.29, 0.717) is 17.4 Å². The van der Waals surface area contributed by atoms with Crippen molar-refractivity contribution in [2.45, 2.75) is 0 Å². The molecular weight excluding hydrogens is 659 g/mol. The number of anilines is 1. The van der Waals surface area contributed by atoms with E-state index >= 15 is 0 Å². The van der Waals surface area contributed by atoms with E-state index in [1.807, 2.05) is 0 Å². The molecule has 1 saturated heterocycles. The molecule has 204 valence electrons. The lowest BCUT2D eigenvalue weighted by molar-refractivity contribution is -0.394. The monoisotopic (exact) mass is 676 g/mol. The second-order valence-corrected chi connectivity index (χ2v) is 10.2. The Bertz CT molecular complexity index is 1580. The highest BCUT2D eigenvalue weighted by Gasteiger charge is 2.36. The van der Waals surface area contributed by atoms with Crippen molar-refractivity contribution < 1.29 is 33.7 Å². The number of nitro groups is 2. The maximum Gasteiger partial charge on any atom is 0.318 e. The van der Waals surface area contributed by atoms with E-state index in [2.05, 4.69) is 27.9 Å². The van der Waals surface area contributed by atoms with Crippen LogP contribution in [0.3, 0.4) is 0 Å². The molecule has 0 unspecified atom stereocenters. The van der Waals surface area contributed by atoms with Gasteiger partial charge in [0.2, 0.25) is 11.7 Å². The fraction of sp³-hybridized carbons (Fsp3) is 0.0800. The van der Waals surface area contributed by atoms with Gasteiger partial charge < -0.3 is 14.8 Å². The standard InChI is InChI=1S/C25H17IN4O9S/c1-38-20-4-2-3-14(23(20)39-19-10-9-17(29(34)35)12-18(19)30(36)37)11-21-24(32)28(25(33)40-21)13-22(31)27-16-7-5-15(26)6-8-16/h2-12H,13H2,1H3,(H,27,31)/b21-11-. The van der Waals surface area contributed by atoms with Crippen molar-refractivity contribution in [3.8, 4) is 17.2 Å². The van der Waals surface area contributed by atoms with Crippen LogP contribution in [0.2, 0.25) is 0 Å². The van der Waals surface area contributed by atoms with Gasteiger partial charge in [-0.15, -0.1) is 0 Å². The topological polar surface area (TPSA) is 171 Å². The molecule has 0 atom stereocenters. The van der Waals surface area contributed by atoms with Crippen LogP contribution in [-0.4, -0.2) is 45.5 Å². The molecule has 0 aromatic heterocycles. The van der Waals surface area contributed by atoms with Gasteiger partial charge in [-0.3, -0.25) is 39.5 Å². The molecule has 1 N–H and O–H groups in total. The van der Waals surface area contributed by atoms with Gasteiger partial charge >= 0.3 is 5.69 Å². The van der Waals surface area contributed by atoms with Crippen molar-refractivity contribution in [1.29, 1.82) is 0 Å². The molecule has 0 saturated carbocycles. The van der Waals surface area contributed by atoms with E-state index in [9.17, 15) is 34.6 Å². The summed E-state index contributed by atoms with van der Waals surface area (Å²) in [6, 6.07) is 14.4. The van der Waals surface area contributed by atoms with Crippen molar-refractivity contribution in [3.05, 3.63) is 94.9 Å². The van der Waals surface area contributed by atoms with Gasteiger partial charge in [-0.1, -0.05) is 12.1 Å². The zero-order valence-corrected chi connectivity index (χ0v) is 23.3. The number of benzene rings is 3. The Balaban J connectivity index is 1.61. The highest BCUT2D eigenvalue weighted by molar-refractivity contribution is 14.1. The van der Waals surface area contributed by atoms with Crippen molar-refractivity contribution in [2.75, 3.05) is 19.0 Å². The number of rotatable bonds is 9. The molecule has 3 aromatic rings. The number of hydrogen-bond acceptors (Lipinski definition) is 10. The predicted molar refractivity (Wildman–Crippen MR) is 153 cm³/mol. The molecule has 0 bridgehead atoms. The Labute approximate surface area is 243 Å². The summed E-state index contributed by atoms with van der Waals surface area (Å²) in [4.78, 5) is 59.9. The van der Waals surface area contributed by atoms with Gasteiger partial charge in [0.25, 0.3) is 16.8 Å². The zero-order valence-electron chi connectivity index (χ0n) is 20.4. The Hall–Kier alpha value is -4.51. The average Bonchev–Trinajstić information content (AvgIpc) is 3.18. The fourth-order valence-electron chi connectivity index (χ4n) is 3.53. The summed E-state index contributed by atoms with van der Waals surface area (Å²) in [5, 5.41) is 24.6. The van der Waals surface area contributed by atoms with Crippen LogP contribution in [0.1, 0.15) is 5.56 Å². The molecule has 1 heterocycles. The first kappa shape index (κ1) is 28.5. The van der Waals surface area contributed by atoms with Crippen molar-refractivity contribution in [2.24, 2.45) is 0 Å². The van der Waals surface area contributed by atoms with Crippen molar-refractivity contribution in [1.82, 2.24) is 4.90 Å². The normalized spacial score (nSPS) is 13.8. The third kappa shape index (κ3) is 6.37. The van der Waals surface area contributed by atoms with Crippen LogP contribution >= 0.6 is 34.4 Å². The Kier molecular flexibility index (Phi) is 8.64. The third-order valence-electron chi connectivity index (χ3n) is 5.38. The van der Waals surface area contributed by atoms with Gasteiger partial charge in [-0.05, 0) is 76.8 Å². The number of carbonyl (C=O) groups is 3. The van der Waals surface area contributed by atoms with Crippen LogP contribution in [-0.2, 0) is 9.59 Å². The SMILES string of the molecule is COc1cccc(/C=C2\SC(=O)N(CC(=O)Nc3ccc(I)cc3)C2=O)c1Oc1ccc([N+](=O)[O-])cc1[N+](=O)[O-]. The Morgan fingerprint density at radius 3 is 2.42 bits per heavy atom. The molecule has 13 nitrogen and oxygen atoms in total. The minimum atomic E-state index is -0.829. The number of thioether (sulfide) groups is 1. The first-order valence-corrected chi connectivity index (χ1v) is 13.1. The predicted octanol–water partition coefficient (Wildman–Crippen LogP) is 5.58. The molecule has 0 aliphatic carbocycles. The molecular formula is C25H17IN4O9S. The van der Waals surface area contributed by atoms with E-state index in [4.69, 9.17) is 9.47 Å². The van der Waals surface area contributed by atoms with Gasteiger partial charge in [0.05, 0.1) is 27.9 Å². The quantitative estimate of drug-likeness (QED) is 0.131. The molecule has 15 heteroatoms. The highest BCUT2D eigenvalue weighted by Crippen LogP contribution is 2.42. The molecule has 4 rings (SSSR count). The molecule has 1 aliphatic heterocycles. The molecule has 3 amide bonds. The number of imide groups is 1. The molecule has 0 spiro atoms. The van der Waals surface area contributed by atoms with E-state index in [0.717, 1.165) is 26.7 Å². The van der Waals surface area contributed by atoms with Crippen LogP contribution in [0.25, 0.3) is 6.08 Å². The number of amides is 3. The molecule has 1 aliphatic rings. The van der Waals surface area contributed by atoms with Crippen molar-refractivity contribution >= 4 is 74.5 Å². The number of hydrogen-bond donors (Lipinski definition) is 1. The van der Waals surface area contributed by atoms with E-state index in [1.165, 1.54) is 25.3 Å². The molecule has 0 radical (unpaired) electrons. The summed E-state index contributed by atoms with van der Waals surface area (Å²) in [5.41, 5.74) is -0.433. The number of ether oxygens (including phenoxy) is 2. The Morgan fingerprint density at radius 1 is 1.05 bits per heavy atom. The van der Waals surface area contributed by atoms with Gasteiger partial charge in [0.15, 0.2) is 11.5 Å². The number of halogens is 1. The number of nitro benzene ring substituents is 2. The van der Waals surface area contributed by atoms with Crippen molar-refractivity contribution in [3.63, 3.8) is 0 Å². The second-order valence-electron chi connectivity index (χ2n) is 7.97. The number of carbonyl (C=O) groups excluding carboxylic acids is 3. The summed E-state index contributed by atoms with van der Waals surface area (Å²) in [7, 11) is 1.33. The van der Waals surface area contributed by atoms with Gasteiger partial charge in [-0.25, -0.2) is 0 Å². The zero-order chi connectivity index (χ0) is 29.0. The number of nitrogens with zero attached hydrogens (tertiary/aromatic N) is 3. The summed E-state index contributed by atoms with van der Waals surface area (Å²) < 4.78 is 12.1. The maximum absolute atomic E-state index is 13.0. The Morgan fingerprint density at radius 2 is 1.77 bits per heavy atom. The maximum atomic E-state index is 13.0. The minimum Gasteiger partial charge on any atom is -0.493 e. The number of para-hydroxylation sites is 1. The van der Waals surface area contributed by atoms with Crippen LogP contribution in [0.4, 0.5) is 21.9 Å². The summed E-state index contributed by atoms with van der Waals surface area (Å²) in [6.45, 7) is -0.509. The minimum absolute atomic E-state index is 0.0247.